The SMILES string of the molecule is CCOc1nc(OC)c(CN2C[C@@H]3CN(C(=O)CO)CCN3[C@H](C(c3ccccc3)c3ccccc3)C2)c(OCC(F)(F)F)n1. The van der Waals surface area contributed by atoms with Crippen molar-refractivity contribution in [3.05, 3.63) is 77.4 Å². The first kappa shape index (κ1) is 32.5. The minimum Gasteiger partial charge on any atom is -0.481 e. The molecule has 2 fully saturated rings. The smallest absolute Gasteiger partial charge is 0.422 e. The van der Waals surface area contributed by atoms with Crippen LogP contribution in [-0.2, 0) is 11.3 Å². The molecule has 0 aliphatic carbocycles. The van der Waals surface area contributed by atoms with Gasteiger partial charge in [-0.15, -0.1) is 0 Å². The van der Waals surface area contributed by atoms with Gasteiger partial charge in [-0.1, -0.05) is 60.7 Å². The highest BCUT2D eigenvalue weighted by Crippen LogP contribution is 2.37. The first-order valence-electron chi connectivity index (χ1n) is 14.9. The van der Waals surface area contributed by atoms with E-state index >= 15 is 0 Å². The summed E-state index contributed by atoms with van der Waals surface area (Å²) in [6.45, 7) is 2.49. The van der Waals surface area contributed by atoms with Gasteiger partial charge in [0.15, 0.2) is 6.61 Å². The minimum absolute atomic E-state index is 0.0442. The van der Waals surface area contributed by atoms with Gasteiger partial charge in [-0.3, -0.25) is 14.6 Å². The number of ether oxygens (including phenoxy) is 3. The number of benzene rings is 2. The Balaban J connectivity index is 1.54. The Hall–Kier alpha value is -3.94. The second kappa shape index (κ2) is 14.4. The summed E-state index contributed by atoms with van der Waals surface area (Å²) >= 11 is 0. The van der Waals surface area contributed by atoms with Gasteiger partial charge in [0.2, 0.25) is 17.7 Å². The molecule has 10 nitrogen and oxygen atoms in total. The molecule has 2 aromatic carbocycles. The van der Waals surface area contributed by atoms with Crippen LogP contribution in [0.4, 0.5) is 13.2 Å². The Morgan fingerprint density at radius 1 is 0.956 bits per heavy atom. The second-order valence-corrected chi connectivity index (χ2v) is 11.1. The van der Waals surface area contributed by atoms with Gasteiger partial charge in [-0.2, -0.15) is 23.1 Å². The molecule has 3 heterocycles. The van der Waals surface area contributed by atoms with Crippen molar-refractivity contribution in [2.45, 2.75) is 37.6 Å². The monoisotopic (exact) mass is 629 g/mol. The Kier molecular flexibility index (Phi) is 10.4. The van der Waals surface area contributed by atoms with Crippen LogP contribution in [0.25, 0.3) is 0 Å². The number of aliphatic hydroxyl groups excluding tert-OH is 1. The molecule has 2 aliphatic rings. The number of amides is 1. The van der Waals surface area contributed by atoms with E-state index in [0.717, 1.165) is 11.1 Å². The van der Waals surface area contributed by atoms with Crippen LogP contribution in [0.2, 0.25) is 0 Å². The normalized spacial score (nSPS) is 19.3. The topological polar surface area (TPSA) is 100 Å². The van der Waals surface area contributed by atoms with Gasteiger partial charge in [0.05, 0.1) is 19.3 Å². The summed E-state index contributed by atoms with van der Waals surface area (Å²) in [5.41, 5.74) is 2.52. The van der Waals surface area contributed by atoms with Gasteiger partial charge in [0, 0.05) is 57.3 Å². The number of alkyl halides is 3. The lowest BCUT2D eigenvalue weighted by Crippen LogP contribution is -2.67. The first-order chi connectivity index (χ1) is 21.7. The standard InChI is InChI=1S/C32H38F3N5O5/c1-3-44-31-36-29(43-2)25(30(37-31)45-21-32(33,34)35)18-38-16-24-17-39(27(42)20-41)14-15-40(24)26(19-38)28(22-10-6-4-7-11-22)23-12-8-5-9-13-23/h4-13,24,26,28,41H,3,14-21H2,1-2H3/t24-,26+/m1/s1. The molecule has 1 N–H and O–H groups in total. The zero-order valence-electron chi connectivity index (χ0n) is 25.3. The van der Waals surface area contributed by atoms with E-state index in [1.807, 2.05) is 36.4 Å². The molecular weight excluding hydrogens is 591 g/mol. The van der Waals surface area contributed by atoms with Gasteiger partial charge in [0.25, 0.3) is 0 Å². The van der Waals surface area contributed by atoms with Crippen LogP contribution in [0.3, 0.4) is 0 Å². The van der Waals surface area contributed by atoms with Crippen molar-refractivity contribution in [2.24, 2.45) is 0 Å². The van der Waals surface area contributed by atoms with Crippen molar-refractivity contribution in [3.8, 4) is 17.8 Å². The Labute approximate surface area is 260 Å². The maximum Gasteiger partial charge on any atom is 0.422 e. The number of rotatable bonds is 11. The molecule has 0 unspecified atom stereocenters. The number of halogens is 3. The molecule has 0 saturated carbocycles. The molecule has 1 aromatic heterocycles. The van der Waals surface area contributed by atoms with E-state index in [-0.39, 0.29) is 60.4 Å². The Morgan fingerprint density at radius 2 is 1.60 bits per heavy atom. The van der Waals surface area contributed by atoms with Crippen molar-refractivity contribution >= 4 is 5.91 Å². The Morgan fingerprint density at radius 3 is 2.18 bits per heavy atom. The highest BCUT2D eigenvalue weighted by atomic mass is 19.4. The quantitative estimate of drug-likeness (QED) is 0.342. The average molecular weight is 630 g/mol. The lowest BCUT2D eigenvalue weighted by molar-refractivity contribution is -0.154. The van der Waals surface area contributed by atoms with Crippen LogP contribution in [0.15, 0.2) is 60.7 Å². The molecule has 0 radical (unpaired) electrons. The summed E-state index contributed by atoms with van der Waals surface area (Å²) in [5, 5.41) is 9.58. The predicted octanol–water partition coefficient (Wildman–Crippen LogP) is 3.35. The molecule has 2 atom stereocenters. The number of aromatic nitrogens is 2. The third-order valence-electron chi connectivity index (χ3n) is 8.19. The number of hydrogen-bond acceptors (Lipinski definition) is 9. The zero-order valence-corrected chi connectivity index (χ0v) is 25.3. The minimum atomic E-state index is -4.58. The number of piperazine rings is 2. The average Bonchev–Trinajstić information content (AvgIpc) is 3.04. The van der Waals surface area contributed by atoms with Gasteiger partial charge < -0.3 is 24.2 Å². The van der Waals surface area contributed by atoms with E-state index in [9.17, 15) is 23.1 Å². The summed E-state index contributed by atoms with van der Waals surface area (Å²) in [5.74, 6) is -0.578. The van der Waals surface area contributed by atoms with E-state index in [1.165, 1.54) is 7.11 Å². The van der Waals surface area contributed by atoms with Gasteiger partial charge in [-0.05, 0) is 18.1 Å². The molecule has 0 spiro atoms. The van der Waals surface area contributed by atoms with Gasteiger partial charge in [-0.25, -0.2) is 0 Å². The molecule has 2 aliphatic heterocycles. The van der Waals surface area contributed by atoms with Crippen molar-refractivity contribution in [2.75, 3.05) is 59.7 Å². The summed E-state index contributed by atoms with van der Waals surface area (Å²) in [4.78, 5) is 27.2. The number of hydrogen-bond donors (Lipinski definition) is 1. The van der Waals surface area contributed by atoms with Crippen molar-refractivity contribution < 1.29 is 37.3 Å². The largest absolute Gasteiger partial charge is 0.481 e. The second-order valence-electron chi connectivity index (χ2n) is 11.1. The molecule has 0 bridgehead atoms. The lowest BCUT2D eigenvalue weighted by atomic mass is 9.81. The summed E-state index contributed by atoms with van der Waals surface area (Å²) < 4.78 is 55.8. The zero-order chi connectivity index (χ0) is 32.0. The van der Waals surface area contributed by atoms with E-state index in [2.05, 4.69) is 44.0 Å². The summed E-state index contributed by atoms with van der Waals surface area (Å²) in [6, 6.07) is 20.1. The van der Waals surface area contributed by atoms with E-state index in [0.29, 0.717) is 32.7 Å². The van der Waals surface area contributed by atoms with Crippen LogP contribution in [0.1, 0.15) is 29.5 Å². The van der Waals surface area contributed by atoms with Crippen molar-refractivity contribution in [1.29, 1.82) is 0 Å². The fraction of sp³-hybridized carbons (Fsp3) is 0.469. The van der Waals surface area contributed by atoms with E-state index < -0.39 is 19.4 Å². The highest BCUT2D eigenvalue weighted by Gasteiger charge is 2.43. The number of methoxy groups -OCH3 is 1. The summed E-state index contributed by atoms with van der Waals surface area (Å²) in [7, 11) is 1.39. The van der Waals surface area contributed by atoms with Gasteiger partial charge >= 0.3 is 12.2 Å². The highest BCUT2D eigenvalue weighted by molar-refractivity contribution is 5.77. The molecular formula is C32H38F3N5O5. The maximum atomic E-state index is 13.2. The van der Waals surface area contributed by atoms with Crippen molar-refractivity contribution in [3.63, 3.8) is 0 Å². The first-order valence-corrected chi connectivity index (χ1v) is 14.9. The molecule has 1 amide bonds. The number of carbonyl (C=O) groups excluding carboxylic acids is 1. The molecule has 45 heavy (non-hydrogen) atoms. The van der Waals surface area contributed by atoms with Crippen LogP contribution in [0.5, 0.6) is 17.8 Å². The lowest BCUT2D eigenvalue weighted by Gasteiger charge is -2.53. The van der Waals surface area contributed by atoms with E-state index in [1.54, 1.807) is 11.8 Å². The van der Waals surface area contributed by atoms with Crippen LogP contribution in [-0.4, -0.2) is 114 Å². The third kappa shape index (κ3) is 7.84. The predicted molar refractivity (Wildman–Crippen MR) is 159 cm³/mol. The van der Waals surface area contributed by atoms with Gasteiger partial charge in [0.1, 0.15) is 6.61 Å². The van der Waals surface area contributed by atoms with E-state index in [4.69, 9.17) is 14.2 Å². The summed E-state index contributed by atoms with van der Waals surface area (Å²) in [6.07, 6.45) is -4.58. The fourth-order valence-corrected chi connectivity index (χ4v) is 6.34. The van der Waals surface area contributed by atoms with Crippen molar-refractivity contribution in [1.82, 2.24) is 24.7 Å². The van der Waals surface area contributed by atoms with Crippen LogP contribution in [0, 0.1) is 0 Å². The molecule has 2 saturated heterocycles. The number of nitrogens with zero attached hydrogens (tertiary/aromatic N) is 5. The maximum absolute atomic E-state index is 13.2. The Bertz CT molecular complexity index is 1380. The number of fused-ring (bicyclic) bond motifs is 1. The fourth-order valence-electron chi connectivity index (χ4n) is 6.34. The number of aliphatic hydroxyl groups is 1. The molecule has 3 aromatic rings. The molecule has 5 rings (SSSR count). The molecule has 13 heteroatoms. The molecule has 242 valence electrons. The van der Waals surface area contributed by atoms with Crippen LogP contribution < -0.4 is 14.2 Å². The number of carbonyl (C=O) groups is 1. The third-order valence-corrected chi connectivity index (χ3v) is 8.19. The van der Waals surface area contributed by atoms with Crippen LogP contribution >= 0.6 is 0 Å².